The minimum absolute atomic E-state index is 0.151. The molecule has 0 spiro atoms. The number of nitrogens with two attached hydrogens (primary N) is 1. The van der Waals surface area contributed by atoms with Gasteiger partial charge >= 0.3 is 0 Å². The average Bonchev–Trinajstić information content (AvgIpc) is 2.90. The first-order valence-corrected chi connectivity index (χ1v) is 8.86. The molecule has 0 aromatic carbocycles. The standard InChI is InChI=1S/C16H29N3OS/c1-16(2,3)14-12-21-15(18-14)11-19-8-5-13(6-9-19)20-10-4-7-17/h12-13H,4-11,17H2,1-3H3. The summed E-state index contributed by atoms with van der Waals surface area (Å²) >= 11 is 1.79. The largest absolute Gasteiger partial charge is 0.378 e. The monoisotopic (exact) mass is 311 g/mol. The van der Waals surface area contributed by atoms with Gasteiger partial charge in [0.25, 0.3) is 0 Å². The predicted molar refractivity (Wildman–Crippen MR) is 88.7 cm³/mol. The summed E-state index contributed by atoms with van der Waals surface area (Å²) in [6.45, 7) is 11.4. The highest BCUT2D eigenvalue weighted by molar-refractivity contribution is 7.09. The van der Waals surface area contributed by atoms with Crippen molar-refractivity contribution in [1.82, 2.24) is 9.88 Å². The highest BCUT2D eigenvalue weighted by Gasteiger charge is 2.22. The van der Waals surface area contributed by atoms with Crippen LogP contribution in [0.15, 0.2) is 5.38 Å². The third kappa shape index (κ3) is 5.33. The van der Waals surface area contributed by atoms with Crippen LogP contribution in [0.5, 0.6) is 0 Å². The Morgan fingerprint density at radius 2 is 2.10 bits per heavy atom. The first kappa shape index (κ1) is 16.9. The Balaban J connectivity index is 1.74. The molecule has 0 unspecified atom stereocenters. The molecule has 0 atom stereocenters. The second kappa shape index (κ2) is 7.68. The molecule has 5 heteroatoms. The maximum Gasteiger partial charge on any atom is 0.107 e. The lowest BCUT2D eigenvalue weighted by Crippen LogP contribution is -2.36. The number of piperidine rings is 1. The zero-order valence-corrected chi connectivity index (χ0v) is 14.4. The molecule has 0 bridgehead atoms. The number of rotatable bonds is 6. The Labute approximate surface area is 132 Å². The van der Waals surface area contributed by atoms with E-state index in [1.807, 2.05) is 0 Å². The molecule has 0 aliphatic carbocycles. The highest BCUT2D eigenvalue weighted by Crippen LogP contribution is 2.25. The van der Waals surface area contributed by atoms with E-state index in [2.05, 4.69) is 31.1 Å². The number of aromatic nitrogens is 1. The topological polar surface area (TPSA) is 51.4 Å². The quantitative estimate of drug-likeness (QED) is 0.821. The number of hydrogen-bond acceptors (Lipinski definition) is 5. The number of likely N-dealkylation sites (tertiary alicyclic amines) is 1. The van der Waals surface area contributed by atoms with Crippen molar-refractivity contribution in [2.75, 3.05) is 26.2 Å². The second-order valence-corrected chi connectivity index (χ2v) is 7.81. The van der Waals surface area contributed by atoms with Gasteiger partial charge in [0, 0.05) is 30.5 Å². The van der Waals surface area contributed by atoms with E-state index >= 15 is 0 Å². The molecule has 2 rings (SSSR count). The minimum atomic E-state index is 0.151. The summed E-state index contributed by atoms with van der Waals surface area (Å²) in [4.78, 5) is 7.28. The highest BCUT2D eigenvalue weighted by atomic mass is 32.1. The summed E-state index contributed by atoms with van der Waals surface area (Å²) < 4.78 is 5.85. The van der Waals surface area contributed by atoms with E-state index in [0.29, 0.717) is 6.10 Å². The van der Waals surface area contributed by atoms with Crippen LogP contribution in [0.1, 0.15) is 50.7 Å². The molecular formula is C16H29N3OS. The van der Waals surface area contributed by atoms with Gasteiger partial charge in [-0.15, -0.1) is 11.3 Å². The summed E-state index contributed by atoms with van der Waals surface area (Å²) in [7, 11) is 0. The summed E-state index contributed by atoms with van der Waals surface area (Å²) in [5, 5.41) is 3.44. The van der Waals surface area contributed by atoms with E-state index in [1.54, 1.807) is 11.3 Å². The van der Waals surface area contributed by atoms with Gasteiger partial charge in [-0.05, 0) is 25.8 Å². The summed E-state index contributed by atoms with van der Waals surface area (Å²) in [6, 6.07) is 0. The van der Waals surface area contributed by atoms with Gasteiger partial charge in [0.1, 0.15) is 5.01 Å². The first-order valence-electron chi connectivity index (χ1n) is 7.98. The maximum atomic E-state index is 5.85. The molecular weight excluding hydrogens is 282 g/mol. The summed E-state index contributed by atoms with van der Waals surface area (Å²) in [5.41, 5.74) is 6.85. The van der Waals surface area contributed by atoms with E-state index in [0.717, 1.165) is 52.0 Å². The van der Waals surface area contributed by atoms with Crippen LogP contribution in [0, 0.1) is 0 Å². The van der Waals surface area contributed by atoms with Gasteiger partial charge in [0.15, 0.2) is 0 Å². The van der Waals surface area contributed by atoms with Gasteiger partial charge in [-0.2, -0.15) is 0 Å². The molecule has 2 heterocycles. The average molecular weight is 311 g/mol. The maximum absolute atomic E-state index is 5.85. The molecule has 4 nitrogen and oxygen atoms in total. The van der Waals surface area contributed by atoms with Crippen LogP contribution < -0.4 is 5.73 Å². The Hall–Kier alpha value is -0.490. The minimum Gasteiger partial charge on any atom is -0.378 e. The fourth-order valence-electron chi connectivity index (χ4n) is 2.49. The van der Waals surface area contributed by atoms with E-state index in [1.165, 1.54) is 10.7 Å². The summed E-state index contributed by atoms with van der Waals surface area (Å²) in [6.07, 6.45) is 3.65. The van der Waals surface area contributed by atoms with Crippen LogP contribution in [0.25, 0.3) is 0 Å². The van der Waals surface area contributed by atoms with E-state index in [-0.39, 0.29) is 5.41 Å². The van der Waals surface area contributed by atoms with Crippen molar-refractivity contribution in [1.29, 1.82) is 0 Å². The number of nitrogens with zero attached hydrogens (tertiary/aromatic N) is 2. The van der Waals surface area contributed by atoms with Crippen LogP contribution >= 0.6 is 11.3 Å². The molecule has 0 amide bonds. The van der Waals surface area contributed by atoms with Gasteiger partial charge in [0.05, 0.1) is 18.3 Å². The Morgan fingerprint density at radius 1 is 1.38 bits per heavy atom. The molecule has 1 saturated heterocycles. The molecule has 1 aliphatic heterocycles. The SMILES string of the molecule is CC(C)(C)c1csc(CN2CCC(OCCCN)CC2)n1. The van der Waals surface area contributed by atoms with Crippen LogP contribution in [-0.4, -0.2) is 42.2 Å². The molecule has 1 aromatic rings. The van der Waals surface area contributed by atoms with Gasteiger partial charge in [-0.3, -0.25) is 4.90 Å². The van der Waals surface area contributed by atoms with Crippen molar-refractivity contribution < 1.29 is 4.74 Å². The van der Waals surface area contributed by atoms with Crippen molar-refractivity contribution >= 4 is 11.3 Å². The van der Waals surface area contributed by atoms with E-state index in [4.69, 9.17) is 15.5 Å². The van der Waals surface area contributed by atoms with Crippen molar-refractivity contribution in [3.63, 3.8) is 0 Å². The fourth-order valence-corrected chi connectivity index (χ4v) is 3.55. The molecule has 1 fully saturated rings. The van der Waals surface area contributed by atoms with E-state index in [9.17, 15) is 0 Å². The van der Waals surface area contributed by atoms with Crippen LogP contribution in [0.4, 0.5) is 0 Å². The van der Waals surface area contributed by atoms with Crippen molar-refractivity contribution in [3.05, 3.63) is 16.1 Å². The number of thiazole rings is 1. The molecule has 21 heavy (non-hydrogen) atoms. The van der Waals surface area contributed by atoms with Gasteiger partial charge < -0.3 is 10.5 Å². The zero-order valence-electron chi connectivity index (χ0n) is 13.6. The third-order valence-electron chi connectivity index (χ3n) is 3.92. The van der Waals surface area contributed by atoms with Gasteiger partial charge in [0.2, 0.25) is 0 Å². The second-order valence-electron chi connectivity index (χ2n) is 6.87. The zero-order chi connectivity index (χ0) is 15.3. The van der Waals surface area contributed by atoms with Crippen LogP contribution in [0.3, 0.4) is 0 Å². The molecule has 120 valence electrons. The Kier molecular flexibility index (Phi) is 6.17. The van der Waals surface area contributed by atoms with Crippen LogP contribution in [0.2, 0.25) is 0 Å². The molecule has 1 aromatic heterocycles. The fraction of sp³-hybridized carbons (Fsp3) is 0.812. The lowest BCUT2D eigenvalue weighted by Gasteiger charge is -2.31. The molecule has 0 saturated carbocycles. The van der Waals surface area contributed by atoms with Crippen LogP contribution in [-0.2, 0) is 16.7 Å². The lowest BCUT2D eigenvalue weighted by molar-refractivity contribution is 0.00561. The summed E-state index contributed by atoms with van der Waals surface area (Å²) in [5.74, 6) is 0. The molecule has 0 radical (unpaired) electrons. The first-order chi connectivity index (χ1) is 9.99. The Bertz CT molecular complexity index is 419. The molecule has 1 aliphatic rings. The van der Waals surface area contributed by atoms with Crippen molar-refractivity contribution in [2.24, 2.45) is 5.73 Å². The normalized spacial score (nSPS) is 18.3. The smallest absolute Gasteiger partial charge is 0.107 e. The van der Waals surface area contributed by atoms with Crippen molar-refractivity contribution in [3.8, 4) is 0 Å². The predicted octanol–water partition coefficient (Wildman–Crippen LogP) is 2.77. The molecule has 2 N–H and O–H groups in total. The number of ether oxygens (including phenoxy) is 1. The van der Waals surface area contributed by atoms with Crippen molar-refractivity contribution in [2.45, 2.75) is 58.1 Å². The van der Waals surface area contributed by atoms with Gasteiger partial charge in [-0.1, -0.05) is 20.8 Å². The third-order valence-corrected chi connectivity index (χ3v) is 4.75. The van der Waals surface area contributed by atoms with E-state index < -0.39 is 0 Å². The van der Waals surface area contributed by atoms with Gasteiger partial charge in [-0.25, -0.2) is 4.98 Å². The lowest BCUT2D eigenvalue weighted by atomic mass is 9.93. The number of hydrogen-bond donors (Lipinski definition) is 1. The Morgan fingerprint density at radius 3 is 2.67 bits per heavy atom.